The van der Waals surface area contributed by atoms with E-state index in [1.54, 1.807) is 67.3 Å². The molecule has 31 heteroatoms. The molecule has 0 spiro atoms. The minimum absolute atomic E-state index is 0.0270. The number of barbiturate groups is 2. The number of hydrogen-bond acceptors (Lipinski definition) is 18. The highest BCUT2D eigenvalue weighted by Crippen LogP contribution is 2.41. The number of amides is 14. The second-order valence-corrected chi connectivity index (χ2v) is 35.0. The number of imide groups is 5. The molecule has 8 aromatic rings. The number of nitrogens with one attached hydrogen (secondary N) is 2. The average Bonchev–Trinajstić information content (AvgIpc) is 1.24. The molecule has 0 bridgehead atoms. The number of hydrazone groups is 1. The molecule has 2 fully saturated rings. The Morgan fingerprint density at radius 3 is 1.65 bits per heavy atom. The molecular formula is C101H110Cl3N11O17. The molecule has 692 valence electrons. The summed E-state index contributed by atoms with van der Waals surface area (Å²) in [7, 11) is 2.71. The van der Waals surface area contributed by atoms with Crippen LogP contribution in [-0.2, 0) is 74.8 Å². The highest BCUT2D eigenvalue weighted by Gasteiger charge is 2.41. The number of esters is 1. The number of nitrogens with zero attached hydrogens (tertiary/aromatic N) is 9. The Labute approximate surface area is 784 Å². The number of carbonyl (C=O) groups excluding carboxylic acids is 15. The molecule has 0 unspecified atom stereocenters. The molecule has 2 N–H and O–H groups in total. The summed E-state index contributed by atoms with van der Waals surface area (Å²) in [6.07, 6.45) is 2.95. The summed E-state index contributed by atoms with van der Waals surface area (Å²) in [6, 6.07) is 47.3. The van der Waals surface area contributed by atoms with Gasteiger partial charge in [-0.05, 0) is 216 Å². The highest BCUT2D eigenvalue weighted by atomic mass is 35.5. The molecular weight excluding hydrogens is 1750 g/mol. The van der Waals surface area contributed by atoms with Crippen molar-refractivity contribution in [2.45, 2.75) is 192 Å². The van der Waals surface area contributed by atoms with Crippen LogP contribution in [0.5, 0.6) is 11.5 Å². The molecule has 6 heterocycles. The number of aryl methyl sites for hydroxylation is 7. The van der Waals surface area contributed by atoms with Gasteiger partial charge in [0.2, 0.25) is 53.0 Å². The van der Waals surface area contributed by atoms with Crippen LogP contribution >= 0.6 is 34.8 Å². The quantitative estimate of drug-likeness (QED) is 0.0201. The van der Waals surface area contributed by atoms with Gasteiger partial charge in [0.25, 0.3) is 11.8 Å². The molecule has 6 aliphatic rings. The van der Waals surface area contributed by atoms with Gasteiger partial charge in [-0.15, -0.1) is 0 Å². The molecule has 2 saturated heterocycles. The van der Waals surface area contributed by atoms with Crippen molar-refractivity contribution in [2.24, 2.45) is 5.10 Å². The SMILES string of the molecule is CC(=O)CC(=O)Nc1cc(C)ccc1C.CC1=NN(c2c(Cl)cc(Cl)cc2Cl)C(=O)C1.CN1C(=O)CC(=O)N(C)C1=O.Cc1ccc(C)c(N2C(=O)CC(=O)N(c3ccccc3)C2=O)c1.Cc1ccc(C)c(NC(=O)CC(=O)N2CCc3ccccc32)c1.Cc1ccc2c(c1)OC(=O)CC2=O.[C-]#[N+]C1=C(C)CC(=O)N(CCCOc2ccc(C(C)(C)CC)cc2C(C)(C)CC)C1=O. The van der Waals surface area contributed by atoms with Gasteiger partial charge < -0.3 is 25.0 Å². The Hall–Kier alpha value is -13.6. The fraction of sp³-hybridized carbons (Fsp3) is 0.337. The van der Waals surface area contributed by atoms with Gasteiger partial charge in [0.05, 0.1) is 53.0 Å². The Morgan fingerprint density at radius 2 is 1.08 bits per heavy atom. The maximum Gasteiger partial charge on any atom is 0.342 e. The standard InChI is InChI=1S/C26H36N2O3.C19H20N2O2.C18H16N2O3.C12H15NO2.C10H7Cl3N2O.C10H8O3.C6H8N2O3/c1-9-25(4,5)19-12-13-21(20(17-19)26(6,7)10-2)31-15-11-14-28-22(29)16-18(3)23(27-8)24(28)30;1-13-7-8-14(2)16(11-13)20-18(22)12-19(23)21-10-9-15-5-3-4-6-17(15)21;1-12-8-9-13(2)15(10-12)20-17(22)11-16(21)19(18(20)23)14-6-4-3-5-7-14;1-8-4-5-9(2)11(6-8)13-12(15)7-10(3)14;1-5-2-9(16)15(14-5)10-7(12)3-6(11)4-8(10)13;1-6-2-3-7-8(11)5-10(12)13-9(7)4-6;1-7-4(9)3-5(10)8(2)6(7)11/h12-13,17H,9-11,14-16H2,1-7H3;3-8,11H,9-10,12H2,1-2H3,(H,20,22);3-10H,11H2,1-2H3;4-6H,7H2,1-3H3,(H,13,15);3-4H,2H2,1H3;2-4H,5H2,1H3;3H2,1-2H3. The van der Waals surface area contributed by atoms with Crippen LogP contribution in [0, 0.1) is 55.0 Å². The lowest BCUT2D eigenvalue weighted by Crippen LogP contribution is -2.55. The molecule has 0 atom stereocenters. The van der Waals surface area contributed by atoms with Crippen molar-refractivity contribution in [3.63, 3.8) is 0 Å². The second-order valence-electron chi connectivity index (χ2n) is 33.8. The monoisotopic (exact) mass is 1850 g/mol. The van der Waals surface area contributed by atoms with Crippen LogP contribution in [0.15, 0.2) is 174 Å². The van der Waals surface area contributed by atoms with E-state index < -0.39 is 47.6 Å². The van der Waals surface area contributed by atoms with E-state index in [9.17, 15) is 71.9 Å². The summed E-state index contributed by atoms with van der Waals surface area (Å²) < 4.78 is 11.1. The summed E-state index contributed by atoms with van der Waals surface area (Å²) in [5, 5.41) is 11.9. The Balaban J connectivity index is 0.000000194. The number of anilines is 6. The second kappa shape index (κ2) is 46.3. The molecule has 132 heavy (non-hydrogen) atoms. The number of ketones is 2. The Morgan fingerprint density at radius 1 is 0.545 bits per heavy atom. The van der Waals surface area contributed by atoms with E-state index in [1.165, 1.54) is 54.2 Å². The number of Topliss-reactive ketones (excluding diaryl/α,β-unsaturated/α-hetero) is 2. The van der Waals surface area contributed by atoms with Crippen molar-refractivity contribution in [3.8, 4) is 11.5 Å². The number of benzene rings is 8. The van der Waals surface area contributed by atoms with Gasteiger partial charge in [0, 0.05) is 67.0 Å². The predicted octanol–water partition coefficient (Wildman–Crippen LogP) is 19.1. The number of carbonyl (C=O) groups is 15. The minimum Gasteiger partial charge on any atom is -0.493 e. The molecule has 28 nitrogen and oxygen atoms in total. The highest BCUT2D eigenvalue weighted by molar-refractivity contribution is 6.43. The number of hydrogen-bond donors (Lipinski definition) is 2. The maximum atomic E-state index is 12.8. The van der Waals surface area contributed by atoms with Crippen molar-refractivity contribution in [1.82, 2.24) is 14.7 Å². The molecule has 14 amide bonds. The fourth-order valence-electron chi connectivity index (χ4n) is 14.0. The van der Waals surface area contributed by atoms with E-state index in [1.807, 2.05) is 127 Å². The van der Waals surface area contributed by atoms with Gasteiger partial charge >= 0.3 is 18.0 Å². The van der Waals surface area contributed by atoms with Crippen LogP contribution < -0.4 is 39.8 Å². The normalized spacial score (nSPS) is 14.7. The number of ether oxygens (including phenoxy) is 2. The van der Waals surface area contributed by atoms with Gasteiger partial charge in [-0.2, -0.15) is 10.1 Å². The summed E-state index contributed by atoms with van der Waals surface area (Å²) in [6.45, 7) is 40.1. The number of halogens is 3. The van der Waals surface area contributed by atoms with Gasteiger partial charge in [0.1, 0.15) is 48.7 Å². The van der Waals surface area contributed by atoms with Gasteiger partial charge in [0.15, 0.2) is 5.78 Å². The number of urea groups is 2. The smallest absolute Gasteiger partial charge is 0.342 e. The van der Waals surface area contributed by atoms with Gasteiger partial charge in [-0.3, -0.25) is 77.0 Å². The number of rotatable bonds is 18. The molecule has 6 aliphatic heterocycles. The zero-order chi connectivity index (χ0) is 97.7. The van der Waals surface area contributed by atoms with Crippen LogP contribution in [0.2, 0.25) is 15.1 Å². The molecule has 0 radical (unpaired) electrons. The van der Waals surface area contributed by atoms with E-state index in [0.717, 1.165) is 112 Å². The summed E-state index contributed by atoms with van der Waals surface area (Å²) >= 11 is 17.8. The third-order valence-electron chi connectivity index (χ3n) is 22.5. The first-order valence-corrected chi connectivity index (χ1v) is 43.9. The van der Waals surface area contributed by atoms with E-state index in [4.69, 9.17) is 50.8 Å². The van der Waals surface area contributed by atoms with Gasteiger partial charge in [-0.25, -0.2) is 24.2 Å². The zero-order valence-corrected chi connectivity index (χ0v) is 79.8. The largest absolute Gasteiger partial charge is 0.493 e. The third-order valence-corrected chi connectivity index (χ3v) is 23.3. The van der Waals surface area contributed by atoms with Gasteiger partial charge in [-0.1, -0.05) is 180 Å². The van der Waals surface area contributed by atoms with Crippen LogP contribution in [-0.4, -0.2) is 143 Å². The fourth-order valence-corrected chi connectivity index (χ4v) is 15.0. The predicted molar refractivity (Wildman–Crippen MR) is 511 cm³/mol. The number of fused-ring (bicyclic) bond motifs is 2. The first-order valence-electron chi connectivity index (χ1n) is 42.8. The van der Waals surface area contributed by atoms with Crippen molar-refractivity contribution in [2.75, 3.05) is 64.1 Å². The van der Waals surface area contributed by atoms with Crippen molar-refractivity contribution in [1.29, 1.82) is 0 Å². The van der Waals surface area contributed by atoms with E-state index in [2.05, 4.69) is 80.3 Å². The first kappa shape index (κ1) is 104. The summed E-state index contributed by atoms with van der Waals surface area (Å²) in [5.74, 6) is -2.96. The van der Waals surface area contributed by atoms with E-state index >= 15 is 0 Å². The zero-order valence-electron chi connectivity index (χ0n) is 77.5. The molecule has 0 aliphatic carbocycles. The van der Waals surface area contributed by atoms with Crippen LogP contribution in [0.4, 0.5) is 43.7 Å². The molecule has 14 rings (SSSR count). The lowest BCUT2D eigenvalue weighted by Gasteiger charge is -2.33. The van der Waals surface area contributed by atoms with Crippen LogP contribution in [0.1, 0.15) is 193 Å². The minimum atomic E-state index is -0.633. The average molecular weight is 1860 g/mol. The Bertz CT molecular complexity index is 5930. The van der Waals surface area contributed by atoms with E-state index in [-0.39, 0.29) is 109 Å². The first-order chi connectivity index (χ1) is 62.2. The van der Waals surface area contributed by atoms with Crippen molar-refractivity contribution < 1.29 is 81.4 Å². The molecule has 0 saturated carbocycles. The van der Waals surface area contributed by atoms with E-state index in [0.29, 0.717) is 68.6 Å². The summed E-state index contributed by atoms with van der Waals surface area (Å²) in [4.78, 5) is 185. The Kier molecular flexibility index (Phi) is 36.4. The molecule has 8 aromatic carbocycles. The maximum absolute atomic E-state index is 12.8. The van der Waals surface area contributed by atoms with Crippen molar-refractivity contribution >= 4 is 163 Å². The van der Waals surface area contributed by atoms with Crippen LogP contribution in [0.3, 0.4) is 0 Å². The third kappa shape index (κ3) is 27.3. The number of para-hydroxylation sites is 2. The van der Waals surface area contributed by atoms with Crippen LogP contribution in [0.25, 0.3) is 4.85 Å². The lowest BCUT2D eigenvalue weighted by molar-refractivity contribution is -0.144. The molecule has 0 aromatic heterocycles. The lowest BCUT2D eigenvalue weighted by atomic mass is 9.76. The summed E-state index contributed by atoms with van der Waals surface area (Å²) in [5.41, 5.74) is 16.3. The topological polar surface area (TPSA) is 338 Å². The van der Waals surface area contributed by atoms with Crippen molar-refractivity contribution in [3.05, 3.63) is 257 Å².